The molecule has 2 aromatic carbocycles. The van der Waals surface area contributed by atoms with Crippen LogP contribution in [0.3, 0.4) is 0 Å². The highest BCUT2D eigenvalue weighted by Gasteiger charge is 2.21. The molecule has 10 heteroatoms. The van der Waals surface area contributed by atoms with Gasteiger partial charge in [-0.15, -0.1) is 23.1 Å². The van der Waals surface area contributed by atoms with Crippen LogP contribution in [-0.4, -0.2) is 44.1 Å². The second-order valence-corrected chi connectivity index (χ2v) is 12.6. The summed E-state index contributed by atoms with van der Waals surface area (Å²) in [6, 6.07) is 10.7. The molecule has 0 unspecified atom stereocenters. The molecule has 32 heavy (non-hydrogen) atoms. The third-order valence-electron chi connectivity index (χ3n) is 4.79. The fraction of sp³-hybridized carbons (Fsp3) is 0.318. The van der Waals surface area contributed by atoms with Crippen molar-refractivity contribution < 1.29 is 18.3 Å². The molecule has 3 rings (SSSR count). The van der Waals surface area contributed by atoms with E-state index in [0.717, 1.165) is 26.3 Å². The number of hydrogen-bond acceptors (Lipinski definition) is 6. The molecular weight excluding hydrogens is 509 g/mol. The number of thioether (sulfide) groups is 1. The first-order chi connectivity index (χ1) is 15.2. The highest BCUT2D eigenvalue weighted by atomic mass is 35.5. The number of fused-ring (bicyclic) bond motifs is 1. The first kappa shape index (κ1) is 25.3. The van der Waals surface area contributed by atoms with E-state index in [0.29, 0.717) is 39.3 Å². The molecule has 0 aliphatic rings. The van der Waals surface area contributed by atoms with Crippen molar-refractivity contribution in [3.63, 3.8) is 0 Å². The van der Waals surface area contributed by atoms with Crippen LogP contribution >= 0.6 is 46.3 Å². The summed E-state index contributed by atoms with van der Waals surface area (Å²) in [5, 5.41) is 14.1. The van der Waals surface area contributed by atoms with Crippen LogP contribution in [0.25, 0.3) is 10.1 Å². The largest absolute Gasteiger partial charge is 0.481 e. The van der Waals surface area contributed by atoms with Gasteiger partial charge in [0, 0.05) is 26.9 Å². The fourth-order valence-electron chi connectivity index (χ4n) is 3.25. The van der Waals surface area contributed by atoms with Crippen LogP contribution in [0.5, 0.6) is 0 Å². The maximum atomic E-state index is 12.8. The van der Waals surface area contributed by atoms with Crippen molar-refractivity contribution in [3.8, 4) is 0 Å². The SMILES string of the molecule is Cc1c(S(=O)(=O)CCCNCCSc2ccc(CC(=O)O)cc2Cl)sc2ccc(Cl)cc12. The molecule has 0 aliphatic carbocycles. The van der Waals surface area contributed by atoms with Crippen molar-refractivity contribution in [1.29, 1.82) is 0 Å². The lowest BCUT2D eigenvalue weighted by atomic mass is 10.1. The summed E-state index contributed by atoms with van der Waals surface area (Å²) in [6.45, 7) is 3.13. The molecule has 1 aromatic heterocycles. The van der Waals surface area contributed by atoms with E-state index in [-0.39, 0.29) is 12.2 Å². The van der Waals surface area contributed by atoms with E-state index in [1.54, 1.807) is 30.0 Å². The zero-order valence-corrected chi connectivity index (χ0v) is 21.3. The minimum atomic E-state index is -3.35. The Morgan fingerprint density at radius 1 is 1.16 bits per heavy atom. The van der Waals surface area contributed by atoms with E-state index >= 15 is 0 Å². The molecule has 0 fully saturated rings. The van der Waals surface area contributed by atoms with Crippen LogP contribution in [0.4, 0.5) is 0 Å². The maximum absolute atomic E-state index is 12.8. The van der Waals surface area contributed by atoms with Gasteiger partial charge in [-0.05, 0) is 66.7 Å². The molecular formula is C22H23Cl2NO4S3. The van der Waals surface area contributed by atoms with Crippen LogP contribution in [0, 0.1) is 6.92 Å². The van der Waals surface area contributed by atoms with Crippen molar-refractivity contribution in [3.05, 3.63) is 57.6 Å². The maximum Gasteiger partial charge on any atom is 0.307 e. The van der Waals surface area contributed by atoms with Gasteiger partial charge in [0.1, 0.15) is 4.21 Å². The molecule has 0 saturated heterocycles. The highest BCUT2D eigenvalue weighted by molar-refractivity contribution is 7.99. The average Bonchev–Trinajstić information content (AvgIpc) is 3.05. The number of carboxylic acid groups (broad SMARTS) is 1. The fourth-order valence-corrected chi connectivity index (χ4v) is 7.85. The molecule has 0 radical (unpaired) electrons. The molecule has 172 valence electrons. The van der Waals surface area contributed by atoms with E-state index in [1.807, 2.05) is 25.1 Å². The van der Waals surface area contributed by atoms with E-state index < -0.39 is 15.8 Å². The Bertz CT molecular complexity index is 1230. The molecule has 3 aromatic rings. The zero-order valence-electron chi connectivity index (χ0n) is 17.4. The van der Waals surface area contributed by atoms with Crippen molar-refractivity contribution >= 4 is 72.2 Å². The third-order valence-corrected chi connectivity index (χ3v) is 10.3. The van der Waals surface area contributed by atoms with Gasteiger partial charge in [0.2, 0.25) is 0 Å². The number of nitrogens with one attached hydrogen (secondary N) is 1. The summed E-state index contributed by atoms with van der Waals surface area (Å²) in [6.07, 6.45) is 0.468. The van der Waals surface area contributed by atoms with E-state index in [4.69, 9.17) is 28.3 Å². The topological polar surface area (TPSA) is 83.5 Å². The number of sulfone groups is 1. The van der Waals surface area contributed by atoms with Gasteiger partial charge in [0.15, 0.2) is 9.84 Å². The lowest BCUT2D eigenvalue weighted by Gasteiger charge is -2.08. The smallest absolute Gasteiger partial charge is 0.307 e. The van der Waals surface area contributed by atoms with Gasteiger partial charge >= 0.3 is 5.97 Å². The standard InChI is InChI=1S/C22H23Cl2NO4S3/c1-14-17-13-16(23)4-6-19(17)31-22(14)32(28,29)10-2-7-25-8-9-30-20-5-3-15(11-18(20)24)12-21(26)27/h3-6,11,13,25H,2,7-10,12H2,1H3,(H,26,27). The van der Waals surface area contributed by atoms with E-state index in [2.05, 4.69) is 5.32 Å². The van der Waals surface area contributed by atoms with Gasteiger partial charge in [-0.3, -0.25) is 4.79 Å². The Kier molecular flexibility index (Phi) is 8.89. The number of aliphatic carboxylic acids is 1. The van der Waals surface area contributed by atoms with E-state index in [1.165, 1.54) is 11.3 Å². The minimum absolute atomic E-state index is 0.0517. The average molecular weight is 533 g/mol. The van der Waals surface area contributed by atoms with Crippen molar-refractivity contribution in [2.75, 3.05) is 24.6 Å². The van der Waals surface area contributed by atoms with Crippen LogP contribution in [0.2, 0.25) is 10.0 Å². The van der Waals surface area contributed by atoms with Crippen LogP contribution < -0.4 is 5.32 Å². The molecule has 0 bridgehead atoms. The van der Waals surface area contributed by atoms with Gasteiger partial charge in [-0.25, -0.2) is 8.42 Å². The Hall–Kier alpha value is -1.29. The van der Waals surface area contributed by atoms with Crippen molar-refractivity contribution in [2.45, 2.75) is 28.9 Å². The van der Waals surface area contributed by atoms with Gasteiger partial charge in [-0.1, -0.05) is 29.3 Å². The predicted molar refractivity (Wildman–Crippen MR) is 135 cm³/mol. The number of carbonyl (C=O) groups is 1. The highest BCUT2D eigenvalue weighted by Crippen LogP contribution is 2.36. The van der Waals surface area contributed by atoms with Crippen LogP contribution in [-0.2, 0) is 21.1 Å². The van der Waals surface area contributed by atoms with Gasteiger partial charge in [-0.2, -0.15) is 0 Å². The van der Waals surface area contributed by atoms with Crippen molar-refractivity contribution in [1.82, 2.24) is 5.32 Å². The van der Waals surface area contributed by atoms with Gasteiger partial charge in [0.25, 0.3) is 0 Å². The molecule has 0 amide bonds. The Balaban J connectivity index is 1.43. The lowest BCUT2D eigenvalue weighted by Crippen LogP contribution is -2.21. The Labute approximate surface area is 206 Å². The molecule has 2 N–H and O–H groups in total. The van der Waals surface area contributed by atoms with Crippen molar-refractivity contribution in [2.24, 2.45) is 0 Å². The molecule has 0 aliphatic heterocycles. The summed E-state index contributed by atoms with van der Waals surface area (Å²) >= 11 is 15.1. The first-order valence-corrected chi connectivity index (χ1v) is 14.1. The van der Waals surface area contributed by atoms with Gasteiger partial charge < -0.3 is 10.4 Å². The second-order valence-electron chi connectivity index (χ2n) is 7.26. The molecule has 5 nitrogen and oxygen atoms in total. The number of carboxylic acids is 1. The van der Waals surface area contributed by atoms with Gasteiger partial charge in [0.05, 0.1) is 17.2 Å². The molecule has 1 heterocycles. The number of aryl methyl sites for hydroxylation is 1. The second kappa shape index (κ2) is 11.2. The summed E-state index contributed by atoms with van der Waals surface area (Å²) in [5.74, 6) is -0.0358. The number of benzene rings is 2. The van der Waals surface area contributed by atoms with E-state index in [9.17, 15) is 13.2 Å². The lowest BCUT2D eigenvalue weighted by molar-refractivity contribution is -0.136. The zero-order chi connectivity index (χ0) is 23.3. The number of halogens is 2. The summed E-state index contributed by atoms with van der Waals surface area (Å²) < 4.78 is 27.0. The summed E-state index contributed by atoms with van der Waals surface area (Å²) in [4.78, 5) is 11.7. The quantitative estimate of drug-likeness (QED) is 0.244. The third kappa shape index (κ3) is 6.62. The Morgan fingerprint density at radius 2 is 1.94 bits per heavy atom. The number of hydrogen-bond donors (Lipinski definition) is 2. The first-order valence-electron chi connectivity index (χ1n) is 9.92. The molecule has 0 saturated carbocycles. The summed E-state index contributed by atoms with van der Waals surface area (Å²) in [7, 11) is -3.35. The van der Waals surface area contributed by atoms with Crippen LogP contribution in [0.1, 0.15) is 17.5 Å². The number of rotatable bonds is 11. The normalized spacial score (nSPS) is 11.8. The minimum Gasteiger partial charge on any atom is -0.481 e. The Morgan fingerprint density at radius 3 is 2.66 bits per heavy atom. The van der Waals surface area contributed by atoms with Crippen LogP contribution in [0.15, 0.2) is 45.5 Å². The molecule has 0 atom stereocenters. The molecule has 0 spiro atoms. The predicted octanol–water partition coefficient (Wildman–Crippen LogP) is 5.69. The number of thiophene rings is 1. The summed E-state index contributed by atoms with van der Waals surface area (Å²) in [5.41, 5.74) is 1.44. The monoisotopic (exact) mass is 531 g/mol.